The molecule has 0 spiro atoms. The number of hydrogen-bond acceptors (Lipinski definition) is 8. The van der Waals surface area contributed by atoms with Crippen molar-refractivity contribution < 1.29 is 43.0 Å². The maximum Gasteiger partial charge on any atom is 0.472 e. The van der Waals surface area contributed by atoms with Crippen LogP contribution in [-0.2, 0) is 27.9 Å². The lowest BCUT2D eigenvalue weighted by Gasteiger charge is -2.20. The molecule has 0 aliphatic heterocycles. The molecule has 0 aliphatic carbocycles. The van der Waals surface area contributed by atoms with Gasteiger partial charge in [0.15, 0.2) is 0 Å². The third kappa shape index (κ3) is 33.2. The highest BCUT2D eigenvalue weighted by molar-refractivity contribution is 7.47. The Kier molecular flexibility index (Phi) is 33.0. The highest BCUT2D eigenvalue weighted by atomic mass is 31.2. The molecule has 3 unspecified atom stereocenters. The van der Waals surface area contributed by atoms with Crippen molar-refractivity contribution >= 4 is 13.8 Å². The van der Waals surface area contributed by atoms with Crippen LogP contribution in [-0.4, -0.2) is 66.3 Å². The van der Waals surface area contributed by atoms with E-state index >= 15 is 0 Å². The average molecular weight is 667 g/mol. The number of esters is 1. The van der Waals surface area contributed by atoms with Gasteiger partial charge < -0.3 is 24.6 Å². The van der Waals surface area contributed by atoms with Gasteiger partial charge in [-0.25, -0.2) is 4.57 Å². The fourth-order valence-corrected chi connectivity index (χ4v) is 5.97. The van der Waals surface area contributed by atoms with Gasteiger partial charge >= 0.3 is 13.8 Å². The summed E-state index contributed by atoms with van der Waals surface area (Å²) in [5.74, 6) is -0.380. The van der Waals surface area contributed by atoms with E-state index in [2.05, 4.69) is 13.8 Å². The molecular weight excluding hydrogens is 595 g/mol. The molecule has 270 valence electrons. The molecule has 3 atom stereocenters. The maximum atomic E-state index is 12.5. The minimum Gasteiger partial charge on any atom is -0.457 e. The van der Waals surface area contributed by atoms with E-state index in [9.17, 15) is 19.4 Å². The highest BCUT2D eigenvalue weighted by Crippen LogP contribution is 2.43. The van der Waals surface area contributed by atoms with Crippen LogP contribution in [0.1, 0.15) is 174 Å². The number of carbonyl (C=O) groups is 1. The third-order valence-corrected chi connectivity index (χ3v) is 8.99. The van der Waals surface area contributed by atoms with Crippen LogP contribution in [0.3, 0.4) is 0 Å². The Hall–Kier alpha value is -0.540. The number of aliphatic hydroxyl groups is 2. The van der Waals surface area contributed by atoms with E-state index in [1.54, 1.807) is 0 Å². The van der Waals surface area contributed by atoms with Crippen molar-refractivity contribution in [1.82, 2.24) is 0 Å². The fourth-order valence-electron chi connectivity index (χ4n) is 5.18. The topological polar surface area (TPSA) is 132 Å². The first kappa shape index (κ1) is 44.5. The van der Waals surface area contributed by atoms with Gasteiger partial charge in [-0.1, -0.05) is 155 Å². The predicted octanol–water partition coefficient (Wildman–Crippen LogP) is 9.19. The van der Waals surface area contributed by atoms with E-state index in [1.807, 2.05) is 0 Å². The van der Waals surface area contributed by atoms with Gasteiger partial charge in [0.05, 0.1) is 26.4 Å². The normalized spacial score (nSPS) is 14.3. The van der Waals surface area contributed by atoms with Crippen LogP contribution in [0.4, 0.5) is 0 Å². The standard InChI is InChI=1S/C35H71O9P/c1-3-5-7-9-11-13-15-16-17-18-19-21-23-25-27-35(38)44-34(32-43-45(39,40)42-30-33(37)29-36)31-41-28-26-24-22-20-14-12-10-8-6-4-2/h33-34,36-37H,3-32H2,1-2H3,(H,39,40). The number of unbranched alkanes of at least 4 members (excludes halogenated alkanes) is 22. The Morgan fingerprint density at radius 1 is 0.600 bits per heavy atom. The van der Waals surface area contributed by atoms with Crippen molar-refractivity contribution in [2.45, 2.75) is 187 Å². The Balaban J connectivity index is 4.20. The predicted molar refractivity (Wildman–Crippen MR) is 182 cm³/mol. The molecule has 0 radical (unpaired) electrons. The number of phosphoric acid groups is 1. The van der Waals surface area contributed by atoms with Crippen molar-refractivity contribution in [3.63, 3.8) is 0 Å². The van der Waals surface area contributed by atoms with E-state index in [-0.39, 0.29) is 25.6 Å². The van der Waals surface area contributed by atoms with E-state index in [0.29, 0.717) is 6.61 Å². The zero-order valence-corrected chi connectivity index (χ0v) is 30.0. The van der Waals surface area contributed by atoms with Crippen LogP contribution in [0.25, 0.3) is 0 Å². The monoisotopic (exact) mass is 666 g/mol. The SMILES string of the molecule is CCCCCCCCCCCCCCCCC(=O)OC(COCCCCCCCCCCCC)COP(=O)(O)OCC(O)CO. The second-order valence-electron chi connectivity index (χ2n) is 12.6. The molecule has 0 aromatic heterocycles. The van der Waals surface area contributed by atoms with E-state index in [0.717, 1.165) is 32.1 Å². The van der Waals surface area contributed by atoms with E-state index in [1.165, 1.54) is 122 Å². The van der Waals surface area contributed by atoms with Gasteiger partial charge in [0.1, 0.15) is 12.2 Å². The molecule has 9 nitrogen and oxygen atoms in total. The second kappa shape index (κ2) is 33.4. The van der Waals surface area contributed by atoms with Gasteiger partial charge in [0.2, 0.25) is 0 Å². The van der Waals surface area contributed by atoms with Gasteiger partial charge in [0.25, 0.3) is 0 Å². The Morgan fingerprint density at radius 2 is 1.00 bits per heavy atom. The smallest absolute Gasteiger partial charge is 0.457 e. The molecule has 0 fully saturated rings. The average Bonchev–Trinajstić information content (AvgIpc) is 3.03. The molecule has 0 aliphatic rings. The number of carbonyl (C=O) groups excluding carboxylic acids is 1. The summed E-state index contributed by atoms with van der Waals surface area (Å²) >= 11 is 0. The lowest BCUT2D eigenvalue weighted by Crippen LogP contribution is -2.29. The zero-order chi connectivity index (χ0) is 33.3. The van der Waals surface area contributed by atoms with Crippen molar-refractivity contribution in [3.8, 4) is 0 Å². The van der Waals surface area contributed by atoms with Crippen molar-refractivity contribution in [1.29, 1.82) is 0 Å². The van der Waals surface area contributed by atoms with Crippen LogP contribution >= 0.6 is 7.82 Å². The fraction of sp³-hybridized carbons (Fsp3) is 0.971. The summed E-state index contributed by atoms with van der Waals surface area (Å²) in [6.45, 7) is 3.53. The summed E-state index contributed by atoms with van der Waals surface area (Å²) in [6, 6.07) is 0. The Bertz CT molecular complexity index is 680. The lowest BCUT2D eigenvalue weighted by atomic mass is 10.0. The minimum absolute atomic E-state index is 0.0567. The Morgan fingerprint density at radius 3 is 1.44 bits per heavy atom. The van der Waals surface area contributed by atoms with Crippen molar-refractivity contribution in [2.24, 2.45) is 0 Å². The second-order valence-corrected chi connectivity index (χ2v) is 14.1. The van der Waals surface area contributed by atoms with Crippen molar-refractivity contribution in [3.05, 3.63) is 0 Å². The molecule has 0 aromatic rings. The van der Waals surface area contributed by atoms with Crippen LogP contribution in [0, 0.1) is 0 Å². The van der Waals surface area contributed by atoms with Crippen LogP contribution in [0.15, 0.2) is 0 Å². The Labute approximate surface area is 276 Å². The molecule has 0 rings (SSSR count). The zero-order valence-electron chi connectivity index (χ0n) is 29.1. The lowest BCUT2D eigenvalue weighted by molar-refractivity contribution is -0.154. The molecular formula is C35H71O9P. The number of hydrogen-bond donors (Lipinski definition) is 3. The first-order chi connectivity index (χ1) is 21.8. The molecule has 45 heavy (non-hydrogen) atoms. The molecule has 0 amide bonds. The van der Waals surface area contributed by atoms with Gasteiger partial charge in [-0.3, -0.25) is 13.8 Å². The summed E-state index contributed by atoms with van der Waals surface area (Å²) in [7, 11) is -4.50. The summed E-state index contributed by atoms with van der Waals surface area (Å²) in [5, 5.41) is 18.2. The highest BCUT2D eigenvalue weighted by Gasteiger charge is 2.26. The molecule has 0 saturated carbocycles. The molecule has 3 N–H and O–H groups in total. The number of aliphatic hydroxyl groups excluding tert-OH is 2. The first-order valence-electron chi connectivity index (χ1n) is 18.5. The molecule has 0 heterocycles. The van der Waals surface area contributed by atoms with E-state index in [4.69, 9.17) is 23.6 Å². The number of ether oxygens (including phenoxy) is 2. The largest absolute Gasteiger partial charge is 0.472 e. The van der Waals surface area contributed by atoms with Gasteiger partial charge in [-0.15, -0.1) is 0 Å². The van der Waals surface area contributed by atoms with Crippen LogP contribution in [0.5, 0.6) is 0 Å². The van der Waals surface area contributed by atoms with Crippen LogP contribution in [0.2, 0.25) is 0 Å². The minimum atomic E-state index is -4.50. The summed E-state index contributed by atoms with van der Waals surface area (Å²) in [6.07, 6.45) is 27.7. The van der Waals surface area contributed by atoms with Crippen LogP contribution < -0.4 is 0 Å². The number of phosphoric ester groups is 1. The molecule has 0 aromatic carbocycles. The summed E-state index contributed by atoms with van der Waals surface area (Å²) in [4.78, 5) is 22.4. The summed E-state index contributed by atoms with van der Waals surface area (Å²) in [5.41, 5.74) is 0. The number of rotatable bonds is 36. The quantitative estimate of drug-likeness (QED) is 0.0340. The molecule has 10 heteroatoms. The first-order valence-corrected chi connectivity index (χ1v) is 20.0. The van der Waals surface area contributed by atoms with Crippen molar-refractivity contribution in [2.75, 3.05) is 33.0 Å². The van der Waals surface area contributed by atoms with Gasteiger partial charge in [0, 0.05) is 13.0 Å². The maximum absolute atomic E-state index is 12.5. The third-order valence-electron chi connectivity index (χ3n) is 8.04. The summed E-state index contributed by atoms with van der Waals surface area (Å²) < 4.78 is 33.1. The molecule has 0 saturated heterocycles. The van der Waals surface area contributed by atoms with E-state index < -0.39 is 33.2 Å². The molecule has 0 bridgehead atoms. The van der Waals surface area contributed by atoms with Gasteiger partial charge in [-0.05, 0) is 12.8 Å². The van der Waals surface area contributed by atoms with Gasteiger partial charge in [-0.2, -0.15) is 0 Å².